The van der Waals surface area contributed by atoms with E-state index < -0.39 is 114 Å². The fourth-order valence-corrected chi connectivity index (χ4v) is 13.5. The molecule has 9 N–H and O–H groups in total. The molecule has 4 saturated carbocycles. The third kappa shape index (κ3) is 7.18. The minimum Gasteiger partial charge on any atom is -0.394 e. The Bertz CT molecular complexity index is 1330. The van der Waals surface area contributed by atoms with Crippen molar-refractivity contribution in [3.05, 3.63) is 0 Å². The zero-order chi connectivity index (χ0) is 40.8. The van der Waals surface area contributed by atoms with Gasteiger partial charge in [-0.3, -0.25) is 0 Å². The van der Waals surface area contributed by atoms with Gasteiger partial charge in [-0.05, 0) is 110 Å². The molecule has 0 aromatic rings. The second-order valence-corrected chi connectivity index (χ2v) is 20.7. The van der Waals surface area contributed by atoms with Crippen LogP contribution in [0, 0.1) is 51.2 Å². The van der Waals surface area contributed by atoms with Gasteiger partial charge in [0.05, 0.1) is 36.6 Å². The Kier molecular flexibility index (Phi) is 12.4. The molecule has 2 saturated heterocycles. The van der Waals surface area contributed by atoms with E-state index in [0.717, 1.165) is 25.7 Å². The van der Waals surface area contributed by atoms with E-state index in [-0.39, 0.29) is 23.7 Å². The molecular weight excluding hydrogens is 712 g/mol. The summed E-state index contributed by atoms with van der Waals surface area (Å²) in [6, 6.07) is 0. The monoisotopic (exact) mass is 787 g/mol. The molecule has 6 fully saturated rings. The smallest absolute Gasteiger partial charge is 0.187 e. The second kappa shape index (κ2) is 15.5. The number of hydrogen-bond acceptors (Lipinski definition) is 13. The normalized spacial score (nSPS) is 53.6. The van der Waals surface area contributed by atoms with Crippen LogP contribution < -0.4 is 0 Å². The molecule has 6 rings (SSSR count). The van der Waals surface area contributed by atoms with Gasteiger partial charge in [0, 0.05) is 0 Å². The van der Waals surface area contributed by atoms with Crippen LogP contribution in [0.1, 0.15) is 120 Å². The van der Waals surface area contributed by atoms with Crippen molar-refractivity contribution in [2.75, 3.05) is 6.61 Å². The quantitative estimate of drug-likeness (QED) is 0.145. The third-order valence-corrected chi connectivity index (χ3v) is 16.7. The van der Waals surface area contributed by atoms with Crippen molar-refractivity contribution in [2.45, 2.75) is 205 Å². The van der Waals surface area contributed by atoms with Crippen LogP contribution in [-0.2, 0) is 18.9 Å². The minimum absolute atomic E-state index is 0.0506. The van der Waals surface area contributed by atoms with Gasteiger partial charge in [-0.15, -0.1) is 0 Å². The summed E-state index contributed by atoms with van der Waals surface area (Å²) in [5.41, 5.74) is -2.83. The van der Waals surface area contributed by atoms with E-state index >= 15 is 0 Å². The molecule has 0 radical (unpaired) electrons. The Labute approximate surface area is 327 Å². The van der Waals surface area contributed by atoms with Crippen LogP contribution in [0.2, 0.25) is 0 Å². The first-order valence-corrected chi connectivity index (χ1v) is 21.2. The van der Waals surface area contributed by atoms with Gasteiger partial charge in [0.15, 0.2) is 12.6 Å². The number of hydrogen-bond donors (Lipinski definition) is 9. The van der Waals surface area contributed by atoms with Crippen LogP contribution in [-0.4, -0.2) is 138 Å². The first kappa shape index (κ1) is 44.0. The Hall–Kier alpha value is -0.520. The number of aliphatic hydroxyl groups excluding tert-OH is 8. The standard InChI is InChI=1S/C42H74O13/c1-20(2)11-10-14-42(9,51)22-12-16-40(7)28(22)23(44)17-26-39(6)15-13-27(45)38(4,5)35(39)24(18-41(26,40)8)53-37-34(32(49)30(47)25(19-43)54-37)55-36-33(50)31(48)29(46)21(3)52-36/h20-37,43-51H,10-19H2,1-9H3/t21-,22?,23+,24-,25+,26?,27-,28?,29-,30+,31+,32-,33+,34+,35?,36-,37-,39+,40+,41+,42?/m0/s1. The van der Waals surface area contributed by atoms with Crippen molar-refractivity contribution < 1.29 is 64.9 Å². The van der Waals surface area contributed by atoms with Gasteiger partial charge in [0.25, 0.3) is 0 Å². The van der Waals surface area contributed by atoms with Crippen molar-refractivity contribution in [1.29, 1.82) is 0 Å². The average Bonchev–Trinajstić information content (AvgIpc) is 3.49. The summed E-state index contributed by atoms with van der Waals surface area (Å²) in [6.07, 6.45) is -9.74. The van der Waals surface area contributed by atoms with Crippen LogP contribution in [0.15, 0.2) is 0 Å². The minimum atomic E-state index is -1.69. The van der Waals surface area contributed by atoms with Gasteiger partial charge in [-0.1, -0.05) is 61.3 Å². The zero-order valence-corrected chi connectivity index (χ0v) is 34.6. The Morgan fingerprint density at radius 3 is 2.11 bits per heavy atom. The number of ether oxygens (including phenoxy) is 4. The molecule has 0 amide bonds. The molecule has 13 nitrogen and oxygen atoms in total. The van der Waals surface area contributed by atoms with Crippen molar-refractivity contribution in [2.24, 2.45) is 51.2 Å². The molecule has 55 heavy (non-hydrogen) atoms. The molecule has 320 valence electrons. The molecule has 4 aliphatic carbocycles. The van der Waals surface area contributed by atoms with E-state index in [1.165, 1.54) is 6.92 Å². The topological polar surface area (TPSA) is 219 Å². The lowest BCUT2D eigenvalue weighted by Crippen LogP contribution is -2.71. The summed E-state index contributed by atoms with van der Waals surface area (Å²) >= 11 is 0. The van der Waals surface area contributed by atoms with Crippen LogP contribution >= 0.6 is 0 Å². The van der Waals surface area contributed by atoms with Gasteiger partial charge < -0.3 is 64.9 Å². The second-order valence-electron chi connectivity index (χ2n) is 20.7. The van der Waals surface area contributed by atoms with Crippen LogP contribution in [0.25, 0.3) is 0 Å². The highest BCUT2D eigenvalue weighted by Gasteiger charge is 2.73. The van der Waals surface area contributed by atoms with Crippen molar-refractivity contribution in [3.63, 3.8) is 0 Å². The van der Waals surface area contributed by atoms with E-state index in [4.69, 9.17) is 18.9 Å². The van der Waals surface area contributed by atoms with Crippen LogP contribution in [0.4, 0.5) is 0 Å². The fraction of sp³-hybridized carbons (Fsp3) is 1.00. The SMILES string of the molecule is CC(C)CCCC(C)(O)C1CC[C@]2(C)C1[C@H](O)CC1[C@@]3(C)CC[C@H](O)C(C)(C)C3[C@@H](O[C@H]3O[C@H](CO)[C@@H](O)[C@H](O)[C@H]3O[C@@H]3O[C@@H](C)[C@H](O)[C@@H](O)[C@H]3O)C[C@]12C. The summed E-state index contributed by atoms with van der Waals surface area (Å²) in [6.45, 7) is 18.2. The molecule has 21 atom stereocenters. The van der Waals surface area contributed by atoms with Crippen LogP contribution in [0.3, 0.4) is 0 Å². The molecule has 6 aliphatic rings. The zero-order valence-electron chi connectivity index (χ0n) is 34.6. The number of fused-ring (bicyclic) bond motifs is 5. The molecule has 0 bridgehead atoms. The largest absolute Gasteiger partial charge is 0.394 e. The van der Waals surface area contributed by atoms with E-state index in [1.54, 1.807) is 0 Å². The molecule has 2 heterocycles. The lowest BCUT2D eigenvalue weighted by Gasteiger charge is -2.72. The van der Waals surface area contributed by atoms with Gasteiger partial charge >= 0.3 is 0 Å². The highest BCUT2D eigenvalue weighted by atomic mass is 16.8. The van der Waals surface area contributed by atoms with Crippen LogP contribution in [0.5, 0.6) is 0 Å². The molecule has 0 spiro atoms. The Morgan fingerprint density at radius 2 is 1.47 bits per heavy atom. The molecule has 0 aromatic carbocycles. The van der Waals surface area contributed by atoms with Gasteiger partial charge in [0.1, 0.15) is 42.7 Å². The lowest BCUT2D eigenvalue weighted by molar-refractivity contribution is -0.382. The predicted molar refractivity (Wildman–Crippen MR) is 201 cm³/mol. The van der Waals surface area contributed by atoms with E-state index in [1.807, 2.05) is 20.8 Å². The van der Waals surface area contributed by atoms with E-state index in [2.05, 4.69) is 34.6 Å². The summed E-state index contributed by atoms with van der Waals surface area (Å²) in [4.78, 5) is 0. The first-order valence-electron chi connectivity index (χ1n) is 21.2. The first-order chi connectivity index (χ1) is 25.5. The molecule has 0 aromatic heterocycles. The highest BCUT2D eigenvalue weighted by Crippen LogP contribution is 2.76. The maximum Gasteiger partial charge on any atom is 0.187 e. The number of rotatable bonds is 10. The van der Waals surface area contributed by atoms with Crippen molar-refractivity contribution in [3.8, 4) is 0 Å². The maximum atomic E-state index is 12.3. The third-order valence-electron chi connectivity index (χ3n) is 16.7. The molecular formula is C42H74O13. The van der Waals surface area contributed by atoms with E-state index in [9.17, 15) is 46.0 Å². The Balaban J connectivity index is 1.38. The Morgan fingerprint density at radius 1 is 0.800 bits per heavy atom. The summed E-state index contributed by atoms with van der Waals surface area (Å²) in [5.74, 6) is 0.0764. The summed E-state index contributed by atoms with van der Waals surface area (Å²) in [7, 11) is 0. The maximum absolute atomic E-state index is 12.3. The van der Waals surface area contributed by atoms with Gasteiger partial charge in [0.2, 0.25) is 0 Å². The average molecular weight is 787 g/mol. The van der Waals surface area contributed by atoms with E-state index in [0.29, 0.717) is 38.0 Å². The van der Waals surface area contributed by atoms with Gasteiger partial charge in [-0.25, -0.2) is 0 Å². The predicted octanol–water partition coefficient (Wildman–Crippen LogP) is 2.23. The number of aliphatic hydroxyl groups is 9. The van der Waals surface area contributed by atoms with Gasteiger partial charge in [-0.2, -0.15) is 0 Å². The lowest BCUT2D eigenvalue weighted by atomic mass is 9.34. The van der Waals surface area contributed by atoms with Crippen molar-refractivity contribution in [1.82, 2.24) is 0 Å². The molecule has 5 unspecified atom stereocenters. The highest BCUT2D eigenvalue weighted by molar-refractivity contribution is 5.22. The fourth-order valence-electron chi connectivity index (χ4n) is 13.5. The molecule has 2 aliphatic heterocycles. The van der Waals surface area contributed by atoms with Crippen molar-refractivity contribution >= 4 is 0 Å². The summed E-state index contributed by atoms with van der Waals surface area (Å²) < 4.78 is 25.1. The summed E-state index contributed by atoms with van der Waals surface area (Å²) in [5, 5.41) is 100. The molecule has 13 heteroatoms.